The van der Waals surface area contributed by atoms with Gasteiger partial charge in [0.15, 0.2) is 0 Å². The van der Waals surface area contributed by atoms with E-state index in [9.17, 15) is 0 Å². The maximum atomic E-state index is 5.53. The zero-order valence-electron chi connectivity index (χ0n) is 11.3. The van der Waals surface area contributed by atoms with E-state index in [1.54, 1.807) is 6.26 Å². The van der Waals surface area contributed by atoms with Crippen LogP contribution in [0.2, 0.25) is 0 Å². The van der Waals surface area contributed by atoms with E-state index in [1.807, 2.05) is 37.3 Å². The van der Waals surface area contributed by atoms with Gasteiger partial charge in [0.05, 0.1) is 12.3 Å². The first-order chi connectivity index (χ1) is 9.42. The van der Waals surface area contributed by atoms with Crippen molar-refractivity contribution in [1.82, 2.24) is 5.32 Å². The molecule has 0 bridgehead atoms. The fraction of sp³-hybridized carbons (Fsp3) is 0.375. The minimum absolute atomic E-state index is 0.109. The van der Waals surface area contributed by atoms with Crippen molar-refractivity contribution in [2.24, 2.45) is 0 Å². The van der Waals surface area contributed by atoms with Crippen LogP contribution >= 0.6 is 0 Å². The van der Waals surface area contributed by atoms with Crippen molar-refractivity contribution in [1.29, 1.82) is 0 Å². The third kappa shape index (κ3) is 4.23. The van der Waals surface area contributed by atoms with Gasteiger partial charge in [0.25, 0.3) is 0 Å². The van der Waals surface area contributed by atoms with Crippen LogP contribution in [0.4, 0.5) is 0 Å². The predicted octanol–water partition coefficient (Wildman–Crippen LogP) is 3.39. The molecule has 2 rings (SSSR count). The smallest absolute Gasteiger partial charge is 0.125 e. The predicted molar refractivity (Wildman–Crippen MR) is 76.1 cm³/mol. The van der Waals surface area contributed by atoms with Gasteiger partial charge < -0.3 is 14.5 Å². The van der Waals surface area contributed by atoms with Crippen LogP contribution in [0, 0.1) is 0 Å². The zero-order chi connectivity index (χ0) is 13.3. The third-order valence-corrected chi connectivity index (χ3v) is 2.98. The second kappa shape index (κ2) is 7.77. The van der Waals surface area contributed by atoms with E-state index in [0.29, 0.717) is 0 Å². The molecule has 0 aliphatic rings. The molecule has 1 aromatic heterocycles. The Morgan fingerprint density at radius 2 is 2.00 bits per heavy atom. The fourth-order valence-electron chi connectivity index (χ4n) is 2.05. The fourth-order valence-corrected chi connectivity index (χ4v) is 2.05. The van der Waals surface area contributed by atoms with E-state index >= 15 is 0 Å². The molecule has 1 atom stereocenters. The van der Waals surface area contributed by atoms with E-state index < -0.39 is 0 Å². The molecule has 2 aromatic rings. The molecule has 0 fully saturated rings. The molecule has 0 aliphatic carbocycles. The standard InChI is InChI=1S/C16H21NO2/c1-2-18-12-7-11-17-16(15-10-6-13-19-15)14-8-4-3-5-9-14/h3-6,8-10,13,16-17H,2,7,11-12H2,1H3. The average molecular weight is 259 g/mol. The topological polar surface area (TPSA) is 34.4 Å². The number of hydrogen-bond donors (Lipinski definition) is 1. The Bertz CT molecular complexity index is 439. The van der Waals surface area contributed by atoms with Crippen molar-refractivity contribution in [3.63, 3.8) is 0 Å². The van der Waals surface area contributed by atoms with Crippen molar-refractivity contribution in [2.75, 3.05) is 19.8 Å². The van der Waals surface area contributed by atoms with Crippen LogP contribution in [0.15, 0.2) is 53.1 Å². The molecule has 0 saturated heterocycles. The largest absolute Gasteiger partial charge is 0.467 e. The summed E-state index contributed by atoms with van der Waals surface area (Å²) in [6, 6.07) is 14.4. The molecule has 0 radical (unpaired) electrons. The summed E-state index contributed by atoms with van der Waals surface area (Å²) in [7, 11) is 0. The minimum Gasteiger partial charge on any atom is -0.467 e. The summed E-state index contributed by atoms with van der Waals surface area (Å²) in [5, 5.41) is 3.52. The normalized spacial score (nSPS) is 12.5. The van der Waals surface area contributed by atoms with Gasteiger partial charge in [-0.3, -0.25) is 0 Å². The van der Waals surface area contributed by atoms with E-state index in [2.05, 4.69) is 17.4 Å². The van der Waals surface area contributed by atoms with Crippen molar-refractivity contribution >= 4 is 0 Å². The highest BCUT2D eigenvalue weighted by molar-refractivity contribution is 5.26. The molecule has 102 valence electrons. The summed E-state index contributed by atoms with van der Waals surface area (Å²) in [5.74, 6) is 0.947. The molecular weight excluding hydrogens is 238 g/mol. The summed E-state index contributed by atoms with van der Waals surface area (Å²) in [5.41, 5.74) is 1.22. The van der Waals surface area contributed by atoms with Crippen molar-refractivity contribution in [2.45, 2.75) is 19.4 Å². The first-order valence-corrected chi connectivity index (χ1v) is 6.81. The zero-order valence-corrected chi connectivity index (χ0v) is 11.3. The van der Waals surface area contributed by atoms with Crippen LogP contribution in [0.1, 0.15) is 30.7 Å². The molecule has 1 heterocycles. The molecule has 1 N–H and O–H groups in total. The van der Waals surface area contributed by atoms with E-state index in [0.717, 1.165) is 31.9 Å². The number of ether oxygens (including phenoxy) is 1. The van der Waals surface area contributed by atoms with Crippen LogP contribution in [0.3, 0.4) is 0 Å². The van der Waals surface area contributed by atoms with E-state index in [-0.39, 0.29) is 6.04 Å². The van der Waals surface area contributed by atoms with Gasteiger partial charge in [0, 0.05) is 13.2 Å². The third-order valence-electron chi connectivity index (χ3n) is 2.98. The lowest BCUT2D eigenvalue weighted by Crippen LogP contribution is -2.24. The highest BCUT2D eigenvalue weighted by Gasteiger charge is 2.15. The summed E-state index contributed by atoms with van der Waals surface area (Å²) in [4.78, 5) is 0. The number of hydrogen-bond acceptors (Lipinski definition) is 3. The summed E-state index contributed by atoms with van der Waals surface area (Å²) in [6.45, 7) is 4.49. The van der Waals surface area contributed by atoms with Gasteiger partial charge in [-0.1, -0.05) is 30.3 Å². The van der Waals surface area contributed by atoms with Gasteiger partial charge in [0.2, 0.25) is 0 Å². The van der Waals surface area contributed by atoms with Gasteiger partial charge in [-0.2, -0.15) is 0 Å². The maximum Gasteiger partial charge on any atom is 0.125 e. The first kappa shape index (κ1) is 13.8. The number of furan rings is 1. The Kier molecular flexibility index (Phi) is 5.66. The van der Waals surface area contributed by atoms with Crippen molar-refractivity contribution < 1.29 is 9.15 Å². The molecule has 19 heavy (non-hydrogen) atoms. The molecule has 1 unspecified atom stereocenters. The quantitative estimate of drug-likeness (QED) is 0.738. The molecule has 0 amide bonds. The average Bonchev–Trinajstić information content (AvgIpc) is 2.98. The van der Waals surface area contributed by atoms with Crippen LogP contribution < -0.4 is 5.32 Å². The highest BCUT2D eigenvalue weighted by atomic mass is 16.5. The molecular formula is C16H21NO2. The van der Waals surface area contributed by atoms with Gasteiger partial charge in [-0.05, 0) is 37.6 Å². The van der Waals surface area contributed by atoms with Crippen LogP contribution in [-0.2, 0) is 4.74 Å². The SMILES string of the molecule is CCOCCCNC(c1ccccc1)c1ccco1. The Balaban J connectivity index is 1.96. The van der Waals surface area contributed by atoms with Gasteiger partial charge >= 0.3 is 0 Å². The second-order valence-electron chi connectivity index (χ2n) is 4.36. The number of nitrogens with one attached hydrogen (secondary N) is 1. The summed E-state index contributed by atoms with van der Waals surface area (Å²) >= 11 is 0. The molecule has 0 spiro atoms. The van der Waals surface area contributed by atoms with Crippen LogP contribution in [0.5, 0.6) is 0 Å². The number of rotatable bonds is 8. The Hall–Kier alpha value is -1.58. The second-order valence-corrected chi connectivity index (χ2v) is 4.36. The van der Waals surface area contributed by atoms with E-state index in [4.69, 9.17) is 9.15 Å². The maximum absolute atomic E-state index is 5.53. The lowest BCUT2D eigenvalue weighted by atomic mass is 10.0. The molecule has 1 aromatic carbocycles. The van der Waals surface area contributed by atoms with Gasteiger partial charge in [0.1, 0.15) is 5.76 Å². The first-order valence-electron chi connectivity index (χ1n) is 6.81. The Morgan fingerprint density at radius 1 is 1.16 bits per heavy atom. The minimum atomic E-state index is 0.109. The number of benzene rings is 1. The van der Waals surface area contributed by atoms with E-state index in [1.165, 1.54) is 5.56 Å². The molecule has 3 nitrogen and oxygen atoms in total. The van der Waals surface area contributed by atoms with Crippen molar-refractivity contribution in [3.8, 4) is 0 Å². The summed E-state index contributed by atoms with van der Waals surface area (Å²) in [6.07, 6.45) is 2.71. The van der Waals surface area contributed by atoms with Crippen LogP contribution in [0.25, 0.3) is 0 Å². The van der Waals surface area contributed by atoms with Gasteiger partial charge in [-0.15, -0.1) is 0 Å². The molecule has 0 aliphatic heterocycles. The van der Waals surface area contributed by atoms with Crippen LogP contribution in [-0.4, -0.2) is 19.8 Å². The lowest BCUT2D eigenvalue weighted by molar-refractivity contribution is 0.144. The molecule has 0 saturated carbocycles. The Morgan fingerprint density at radius 3 is 2.68 bits per heavy atom. The lowest BCUT2D eigenvalue weighted by Gasteiger charge is -2.17. The molecule has 3 heteroatoms. The van der Waals surface area contributed by atoms with Crippen molar-refractivity contribution in [3.05, 3.63) is 60.1 Å². The summed E-state index contributed by atoms with van der Waals surface area (Å²) < 4.78 is 10.9. The monoisotopic (exact) mass is 259 g/mol. The Labute approximate surface area is 114 Å². The van der Waals surface area contributed by atoms with Gasteiger partial charge in [-0.25, -0.2) is 0 Å². The highest BCUT2D eigenvalue weighted by Crippen LogP contribution is 2.22.